The number of hydrogen-bond donors (Lipinski definition) is 0. The second kappa shape index (κ2) is 10.0. The van der Waals surface area contributed by atoms with Gasteiger partial charge >= 0.3 is 0 Å². The van der Waals surface area contributed by atoms with Gasteiger partial charge in [0.05, 0.1) is 15.6 Å². The quantitative estimate of drug-likeness (QED) is 0.346. The lowest BCUT2D eigenvalue weighted by Gasteiger charge is -2.27. The number of carbonyl (C=O) groups excluding carboxylic acids is 2. The lowest BCUT2D eigenvalue weighted by Crippen LogP contribution is -2.21. The number of halogens is 3. The Kier molecular flexibility index (Phi) is 8.49. The molecule has 0 saturated heterocycles. The molecular formula is C25H30Cl3O3P. The van der Waals surface area contributed by atoms with Gasteiger partial charge in [-0.2, -0.15) is 0 Å². The molecule has 0 aliphatic carbocycles. The Labute approximate surface area is 206 Å². The smallest absolute Gasteiger partial charge is 0.231 e. The van der Waals surface area contributed by atoms with Crippen LogP contribution in [0.3, 0.4) is 0 Å². The van der Waals surface area contributed by atoms with Crippen molar-refractivity contribution >= 4 is 53.0 Å². The summed E-state index contributed by atoms with van der Waals surface area (Å²) in [7, 11) is -4.12. The summed E-state index contributed by atoms with van der Waals surface area (Å²) in [6.07, 6.45) is 0.648. The molecule has 0 aliphatic heterocycles. The minimum absolute atomic E-state index is 0.0126. The molecular weight excluding hydrogens is 486 g/mol. The van der Waals surface area contributed by atoms with Crippen LogP contribution in [0, 0.1) is 32.1 Å². The molecule has 3 nitrogen and oxygen atoms in total. The van der Waals surface area contributed by atoms with Gasteiger partial charge in [0, 0.05) is 16.7 Å². The monoisotopic (exact) mass is 514 g/mol. The highest BCUT2D eigenvalue weighted by Crippen LogP contribution is 2.56. The standard InChI is InChI=1S/C25H30Cl3O3P/c1-14-8-16(3)21(17(4)9-14)23(29)32(31,13-15(2)12-25(5,6)7)24(30)22-19(27)10-18(26)11-20(22)28/h8-11,15H,12-13H2,1-7H3. The lowest BCUT2D eigenvalue weighted by molar-refractivity contribution is 0.103. The predicted molar refractivity (Wildman–Crippen MR) is 136 cm³/mol. The molecule has 0 radical (unpaired) electrons. The summed E-state index contributed by atoms with van der Waals surface area (Å²) in [5, 5.41) is 0.228. The third-order valence-corrected chi connectivity index (χ3v) is 9.01. The molecule has 174 valence electrons. The Balaban J connectivity index is 2.70. The molecule has 0 aliphatic rings. The van der Waals surface area contributed by atoms with E-state index in [0.29, 0.717) is 23.1 Å². The first-order valence-electron chi connectivity index (χ1n) is 10.5. The first kappa shape index (κ1) is 27.1. The van der Waals surface area contributed by atoms with E-state index >= 15 is 0 Å². The van der Waals surface area contributed by atoms with Gasteiger partial charge in [0.25, 0.3) is 0 Å². The highest BCUT2D eigenvalue weighted by molar-refractivity contribution is 7.95. The van der Waals surface area contributed by atoms with Gasteiger partial charge in [-0.05, 0) is 61.8 Å². The minimum atomic E-state index is -4.12. The van der Waals surface area contributed by atoms with E-state index in [1.54, 1.807) is 13.8 Å². The largest absolute Gasteiger partial charge is 0.307 e. The zero-order chi connectivity index (χ0) is 24.6. The molecule has 2 aromatic carbocycles. The fraction of sp³-hybridized carbons (Fsp3) is 0.440. The molecule has 0 spiro atoms. The van der Waals surface area contributed by atoms with Gasteiger partial charge in [-0.15, -0.1) is 0 Å². The Bertz CT molecular complexity index is 996. The molecule has 0 fully saturated rings. The van der Waals surface area contributed by atoms with Crippen LogP contribution < -0.4 is 0 Å². The molecule has 2 aromatic rings. The molecule has 0 saturated carbocycles. The van der Waals surface area contributed by atoms with Crippen molar-refractivity contribution in [1.29, 1.82) is 0 Å². The maximum absolute atomic E-state index is 14.4. The van der Waals surface area contributed by atoms with Gasteiger partial charge in [0.15, 0.2) is 0 Å². The van der Waals surface area contributed by atoms with Crippen LogP contribution in [-0.4, -0.2) is 17.2 Å². The van der Waals surface area contributed by atoms with E-state index in [4.69, 9.17) is 34.8 Å². The van der Waals surface area contributed by atoms with Crippen LogP contribution in [0.15, 0.2) is 24.3 Å². The Morgan fingerprint density at radius 2 is 1.31 bits per heavy atom. The molecule has 7 heteroatoms. The second-order valence-corrected chi connectivity index (χ2v) is 13.8. The zero-order valence-corrected chi connectivity index (χ0v) is 22.8. The van der Waals surface area contributed by atoms with Gasteiger partial charge in [0.2, 0.25) is 18.2 Å². The Morgan fingerprint density at radius 1 is 0.875 bits per heavy atom. The fourth-order valence-electron chi connectivity index (χ4n) is 4.43. The Hall–Kier alpha value is -1.12. The highest BCUT2D eigenvalue weighted by atomic mass is 35.5. The third kappa shape index (κ3) is 6.06. The maximum Gasteiger partial charge on any atom is 0.231 e. The molecule has 0 bridgehead atoms. The molecule has 2 rings (SSSR count). The van der Waals surface area contributed by atoms with Crippen molar-refractivity contribution in [3.63, 3.8) is 0 Å². The number of carbonyl (C=O) groups is 2. The summed E-state index contributed by atoms with van der Waals surface area (Å²) >= 11 is 18.6. The number of hydrogen-bond acceptors (Lipinski definition) is 3. The molecule has 0 heterocycles. The SMILES string of the molecule is Cc1cc(C)c(C(=O)P(=O)(CC(C)CC(C)(C)C)C(=O)c2c(Cl)cc(Cl)cc2Cl)c(C)c1. The fourth-order valence-corrected chi connectivity index (χ4v) is 8.39. The maximum atomic E-state index is 14.4. The van der Waals surface area contributed by atoms with Crippen LogP contribution in [0.1, 0.15) is 71.5 Å². The summed E-state index contributed by atoms with van der Waals surface area (Å²) in [5.74, 6) is -0.135. The van der Waals surface area contributed by atoms with Gasteiger partial charge in [-0.25, -0.2) is 0 Å². The van der Waals surface area contributed by atoms with Gasteiger partial charge < -0.3 is 4.57 Å². The van der Waals surface area contributed by atoms with Crippen molar-refractivity contribution < 1.29 is 14.2 Å². The van der Waals surface area contributed by atoms with Crippen molar-refractivity contribution in [3.05, 3.63) is 67.2 Å². The second-order valence-electron chi connectivity index (χ2n) is 9.92. The van der Waals surface area contributed by atoms with Crippen LogP contribution >= 0.6 is 41.9 Å². The van der Waals surface area contributed by atoms with Crippen molar-refractivity contribution in [2.24, 2.45) is 11.3 Å². The summed E-state index contributed by atoms with van der Waals surface area (Å²) in [4.78, 5) is 27.6. The zero-order valence-electron chi connectivity index (χ0n) is 19.6. The summed E-state index contributed by atoms with van der Waals surface area (Å²) < 4.78 is 14.4. The van der Waals surface area contributed by atoms with Crippen LogP contribution in [0.4, 0.5) is 0 Å². The normalized spacial score (nSPS) is 14.7. The number of benzene rings is 2. The van der Waals surface area contributed by atoms with E-state index in [2.05, 4.69) is 20.8 Å². The molecule has 2 unspecified atom stereocenters. The van der Waals surface area contributed by atoms with Crippen molar-refractivity contribution in [3.8, 4) is 0 Å². The van der Waals surface area contributed by atoms with Crippen molar-refractivity contribution in [2.75, 3.05) is 6.16 Å². The number of rotatable bonds is 7. The molecule has 0 aromatic heterocycles. The van der Waals surface area contributed by atoms with E-state index in [9.17, 15) is 14.2 Å². The third-order valence-electron chi connectivity index (χ3n) is 5.30. The van der Waals surface area contributed by atoms with Crippen LogP contribution in [0.5, 0.6) is 0 Å². The lowest BCUT2D eigenvalue weighted by atomic mass is 9.86. The highest BCUT2D eigenvalue weighted by Gasteiger charge is 2.44. The van der Waals surface area contributed by atoms with Crippen LogP contribution in [0.2, 0.25) is 15.1 Å². The summed E-state index contributed by atoms with van der Waals surface area (Å²) in [6, 6.07) is 6.46. The van der Waals surface area contributed by atoms with E-state index in [1.165, 1.54) is 12.1 Å². The van der Waals surface area contributed by atoms with Crippen LogP contribution in [0.25, 0.3) is 0 Å². The average Bonchev–Trinajstić information content (AvgIpc) is 2.57. The minimum Gasteiger partial charge on any atom is -0.307 e. The van der Waals surface area contributed by atoms with E-state index in [-0.39, 0.29) is 38.1 Å². The van der Waals surface area contributed by atoms with Crippen molar-refractivity contribution in [2.45, 2.75) is 54.9 Å². The average molecular weight is 516 g/mol. The molecule has 0 N–H and O–H groups in total. The molecule has 2 atom stereocenters. The number of aryl methyl sites for hydroxylation is 3. The first-order chi connectivity index (χ1) is 14.6. The van der Waals surface area contributed by atoms with Gasteiger partial charge in [-0.1, -0.05) is 80.2 Å². The van der Waals surface area contributed by atoms with Gasteiger partial charge in [-0.3, -0.25) is 9.59 Å². The van der Waals surface area contributed by atoms with Crippen LogP contribution in [-0.2, 0) is 4.57 Å². The Morgan fingerprint density at radius 3 is 1.75 bits per heavy atom. The van der Waals surface area contributed by atoms with E-state index in [0.717, 1.165) is 5.56 Å². The van der Waals surface area contributed by atoms with Gasteiger partial charge in [0.1, 0.15) is 0 Å². The summed E-state index contributed by atoms with van der Waals surface area (Å²) in [5.41, 5.74) is 1.09. The van der Waals surface area contributed by atoms with Crippen molar-refractivity contribution in [1.82, 2.24) is 0 Å². The predicted octanol–water partition coefficient (Wildman–Crippen LogP) is 8.99. The van der Waals surface area contributed by atoms with E-state index < -0.39 is 18.2 Å². The summed E-state index contributed by atoms with van der Waals surface area (Å²) in [6.45, 7) is 13.6. The first-order valence-corrected chi connectivity index (χ1v) is 13.5. The molecule has 32 heavy (non-hydrogen) atoms. The molecule has 0 amide bonds. The van der Waals surface area contributed by atoms with E-state index in [1.807, 2.05) is 26.0 Å². The topological polar surface area (TPSA) is 51.2 Å².